The number of hydrogen-bond donors (Lipinski definition) is 5. The molecule has 0 aromatic heterocycles. The minimum absolute atomic E-state index is 0.0300. The van der Waals surface area contributed by atoms with Gasteiger partial charge in [-0.2, -0.15) is 0 Å². The predicted molar refractivity (Wildman–Crippen MR) is 191 cm³/mol. The van der Waals surface area contributed by atoms with Gasteiger partial charge in [0.25, 0.3) is 0 Å². The molecule has 5 N–H and O–H groups in total. The van der Waals surface area contributed by atoms with Gasteiger partial charge in [-0.15, -0.1) is 0 Å². The van der Waals surface area contributed by atoms with Gasteiger partial charge in [-0.05, 0) is 124 Å². The molecule has 1 fully saturated rings. The second-order valence-corrected chi connectivity index (χ2v) is 13.1. The SMILES string of the molecule is Cc1cc(C(CCCO)CCCO)cc(/C=N/C2CCCCC2/N=C/c2cc(C(CCCO)CCCOI)cc(C)c2O)c1O. The molecule has 0 aliphatic heterocycles. The number of benzene rings is 2. The number of aryl methyl sites for hydroxylation is 2. The van der Waals surface area contributed by atoms with Crippen molar-refractivity contribution < 1.29 is 28.6 Å². The lowest BCUT2D eigenvalue weighted by molar-refractivity contribution is 0.264. The van der Waals surface area contributed by atoms with Crippen LogP contribution in [-0.2, 0) is 3.07 Å². The van der Waals surface area contributed by atoms with Crippen molar-refractivity contribution in [3.63, 3.8) is 0 Å². The number of halogens is 1. The molecule has 2 aromatic carbocycles. The minimum Gasteiger partial charge on any atom is -0.507 e. The van der Waals surface area contributed by atoms with E-state index in [1.807, 2.05) is 61.1 Å². The first kappa shape index (κ1) is 37.4. The quantitative estimate of drug-likeness (QED) is 0.0589. The Labute approximate surface area is 283 Å². The van der Waals surface area contributed by atoms with Gasteiger partial charge in [-0.3, -0.25) is 9.98 Å². The Morgan fingerprint density at radius 2 is 1.11 bits per heavy atom. The third-order valence-corrected chi connectivity index (χ3v) is 9.50. The molecule has 1 saturated carbocycles. The van der Waals surface area contributed by atoms with Gasteiger partial charge in [0.2, 0.25) is 0 Å². The number of nitrogens with zero attached hydrogens (tertiary/aromatic N) is 2. The van der Waals surface area contributed by atoms with Gasteiger partial charge in [-0.1, -0.05) is 25.0 Å². The Balaban J connectivity index is 1.84. The topological polar surface area (TPSA) is 135 Å². The number of hydrogen-bond acceptors (Lipinski definition) is 8. The molecule has 0 bridgehead atoms. The Bertz CT molecular complexity index is 1230. The summed E-state index contributed by atoms with van der Waals surface area (Å²) in [5.74, 6) is 0.918. The van der Waals surface area contributed by atoms with Crippen LogP contribution in [0.2, 0.25) is 0 Å². The van der Waals surface area contributed by atoms with Crippen LogP contribution in [-0.4, -0.2) is 76.5 Å². The molecule has 0 spiro atoms. The zero-order valence-electron chi connectivity index (χ0n) is 27.0. The van der Waals surface area contributed by atoms with Crippen molar-refractivity contribution in [3.8, 4) is 11.5 Å². The van der Waals surface area contributed by atoms with Crippen molar-refractivity contribution in [1.29, 1.82) is 0 Å². The minimum atomic E-state index is -0.0325. The Morgan fingerprint density at radius 1 is 0.711 bits per heavy atom. The Kier molecular flexibility index (Phi) is 16.8. The van der Waals surface area contributed by atoms with Crippen LogP contribution in [0.4, 0.5) is 0 Å². The Morgan fingerprint density at radius 3 is 1.49 bits per heavy atom. The maximum Gasteiger partial charge on any atom is 0.127 e. The summed E-state index contributed by atoms with van der Waals surface area (Å²) in [5, 5.41) is 50.1. The third kappa shape index (κ3) is 11.6. The monoisotopic (exact) mass is 736 g/mol. The van der Waals surface area contributed by atoms with Crippen molar-refractivity contribution in [2.45, 2.75) is 115 Å². The molecule has 1 aliphatic carbocycles. The third-order valence-electron chi connectivity index (χ3n) is 9.06. The van der Waals surface area contributed by atoms with Crippen molar-refractivity contribution >= 4 is 35.4 Å². The van der Waals surface area contributed by atoms with E-state index in [9.17, 15) is 25.5 Å². The van der Waals surface area contributed by atoms with Gasteiger partial charge in [-0.25, -0.2) is 0 Å². The number of rotatable bonds is 19. The van der Waals surface area contributed by atoms with E-state index in [1.165, 1.54) is 0 Å². The molecule has 0 radical (unpaired) electrons. The average molecular weight is 737 g/mol. The molecule has 3 atom stereocenters. The van der Waals surface area contributed by atoms with Crippen LogP contribution < -0.4 is 0 Å². The van der Waals surface area contributed by atoms with E-state index in [4.69, 9.17) is 13.1 Å². The molecule has 45 heavy (non-hydrogen) atoms. The van der Waals surface area contributed by atoms with E-state index >= 15 is 0 Å². The number of aliphatic imine (C=N–C) groups is 2. The largest absolute Gasteiger partial charge is 0.507 e. The van der Waals surface area contributed by atoms with E-state index in [0.717, 1.165) is 86.5 Å². The molecule has 250 valence electrons. The Hall–Kier alpha value is -2.05. The molecule has 3 rings (SSSR count). The first-order chi connectivity index (χ1) is 21.8. The standard InChI is InChI=1S/C36H53IN2O6/c1-25-19-29(27(9-5-15-40)10-6-16-41)21-31(35(25)43)23-38-33-13-3-4-14-34(33)39-24-32-22-30(20-26(2)36(32)44)28(11-7-17-42)12-8-18-45-37/h19-24,27-28,33-34,40-44H,3-18H2,1-2H3/b38-23+,39-24+. The highest BCUT2D eigenvalue weighted by molar-refractivity contribution is 14.1. The zero-order valence-corrected chi connectivity index (χ0v) is 29.2. The highest BCUT2D eigenvalue weighted by atomic mass is 127. The van der Waals surface area contributed by atoms with Gasteiger partial charge in [0.15, 0.2) is 0 Å². The zero-order chi connectivity index (χ0) is 32.6. The molecule has 1 aliphatic rings. The predicted octanol–water partition coefficient (Wildman–Crippen LogP) is 7.20. The van der Waals surface area contributed by atoms with Crippen molar-refractivity contribution in [2.75, 3.05) is 26.4 Å². The summed E-state index contributed by atoms with van der Waals surface area (Å²) in [6.07, 6.45) is 14.0. The number of phenols is 2. The van der Waals surface area contributed by atoms with Crippen LogP contribution in [0.3, 0.4) is 0 Å². The molecule has 8 nitrogen and oxygen atoms in total. The van der Waals surface area contributed by atoms with Gasteiger partial charge in [0.05, 0.1) is 18.7 Å². The number of aromatic hydroxyl groups is 2. The molecule has 0 heterocycles. The molecular formula is C36H53IN2O6. The molecule has 2 aromatic rings. The lowest BCUT2D eigenvalue weighted by Gasteiger charge is -2.26. The van der Waals surface area contributed by atoms with E-state index < -0.39 is 0 Å². The molecule has 0 saturated heterocycles. The summed E-state index contributed by atoms with van der Waals surface area (Å²) >= 11 is 1.92. The smallest absolute Gasteiger partial charge is 0.127 e. The van der Waals surface area contributed by atoms with Crippen molar-refractivity contribution in [3.05, 3.63) is 57.6 Å². The fourth-order valence-electron chi connectivity index (χ4n) is 6.48. The van der Waals surface area contributed by atoms with Crippen molar-refractivity contribution in [2.24, 2.45) is 9.98 Å². The first-order valence-electron chi connectivity index (χ1n) is 16.6. The van der Waals surface area contributed by atoms with E-state index in [-0.39, 0.29) is 55.2 Å². The van der Waals surface area contributed by atoms with Gasteiger partial charge in [0, 0.05) is 43.4 Å². The highest BCUT2D eigenvalue weighted by Crippen LogP contribution is 2.34. The van der Waals surface area contributed by atoms with Crippen molar-refractivity contribution in [1.82, 2.24) is 0 Å². The van der Waals surface area contributed by atoms with Crippen LogP contribution in [0.25, 0.3) is 0 Å². The highest BCUT2D eigenvalue weighted by Gasteiger charge is 2.24. The van der Waals surface area contributed by atoms with Crippen LogP contribution in [0, 0.1) is 13.8 Å². The van der Waals surface area contributed by atoms with Crippen LogP contribution in [0.15, 0.2) is 34.3 Å². The normalized spacial score (nSPS) is 18.0. The maximum atomic E-state index is 10.9. The lowest BCUT2D eigenvalue weighted by atomic mass is 9.87. The summed E-state index contributed by atoms with van der Waals surface area (Å²) < 4.78 is 5.24. The fraction of sp³-hybridized carbons (Fsp3) is 0.611. The fourth-order valence-corrected chi connectivity index (χ4v) is 6.80. The van der Waals surface area contributed by atoms with Gasteiger partial charge >= 0.3 is 0 Å². The van der Waals surface area contributed by atoms with E-state index in [2.05, 4.69) is 0 Å². The molecule has 3 unspecified atom stereocenters. The summed E-state index contributed by atoms with van der Waals surface area (Å²) in [5.41, 5.74) is 5.23. The van der Waals surface area contributed by atoms with E-state index in [0.29, 0.717) is 30.6 Å². The van der Waals surface area contributed by atoms with Gasteiger partial charge in [0.1, 0.15) is 34.5 Å². The summed E-state index contributed by atoms with van der Waals surface area (Å²) in [4.78, 5) is 9.93. The maximum absolute atomic E-state index is 10.9. The molecule has 0 amide bonds. The number of phenolic OH excluding ortho intramolecular Hbond substituents is 2. The second-order valence-electron chi connectivity index (χ2n) is 12.5. The summed E-state index contributed by atoms with van der Waals surface area (Å²) in [7, 11) is 0. The number of aliphatic hydroxyl groups is 3. The lowest BCUT2D eigenvalue weighted by Crippen LogP contribution is -2.27. The number of aliphatic hydroxyl groups excluding tert-OH is 3. The molecular weight excluding hydrogens is 683 g/mol. The second kappa shape index (κ2) is 20.2. The van der Waals surface area contributed by atoms with Crippen LogP contribution >= 0.6 is 23.0 Å². The first-order valence-corrected chi connectivity index (χ1v) is 17.5. The summed E-state index contributed by atoms with van der Waals surface area (Å²) in [6.45, 7) is 4.91. The summed E-state index contributed by atoms with van der Waals surface area (Å²) in [6, 6.07) is 8.03. The van der Waals surface area contributed by atoms with Gasteiger partial charge < -0.3 is 28.6 Å². The van der Waals surface area contributed by atoms with Crippen LogP contribution in [0.5, 0.6) is 11.5 Å². The molecule has 9 heteroatoms. The van der Waals surface area contributed by atoms with Crippen LogP contribution in [0.1, 0.15) is 122 Å². The van der Waals surface area contributed by atoms with E-state index in [1.54, 1.807) is 12.4 Å². The average Bonchev–Trinajstić information content (AvgIpc) is 3.04.